The SMILES string of the molecule is [N-]=[N+]=NC(=O)OC(C#Cc1ccccc1)CCc1ccccc1. The van der Waals surface area contributed by atoms with Crippen molar-refractivity contribution in [1.82, 2.24) is 0 Å². The Morgan fingerprint density at radius 2 is 1.78 bits per heavy atom. The number of carbonyl (C=O) groups is 1. The summed E-state index contributed by atoms with van der Waals surface area (Å²) in [6.45, 7) is 0. The maximum absolute atomic E-state index is 11.4. The maximum atomic E-state index is 11.4. The van der Waals surface area contributed by atoms with Gasteiger partial charge in [-0.1, -0.05) is 60.4 Å². The zero-order chi connectivity index (χ0) is 16.3. The van der Waals surface area contributed by atoms with E-state index in [2.05, 4.69) is 21.9 Å². The quantitative estimate of drug-likeness (QED) is 0.361. The third kappa shape index (κ3) is 5.96. The van der Waals surface area contributed by atoms with Crippen LogP contribution in [0.2, 0.25) is 0 Å². The van der Waals surface area contributed by atoms with Gasteiger partial charge in [0.05, 0.1) is 0 Å². The van der Waals surface area contributed by atoms with Crippen LogP contribution in [-0.4, -0.2) is 12.2 Å². The van der Waals surface area contributed by atoms with Crippen molar-refractivity contribution in [3.05, 3.63) is 82.2 Å². The van der Waals surface area contributed by atoms with Gasteiger partial charge in [-0.3, -0.25) is 0 Å². The number of nitrogens with zero attached hydrogens (tertiary/aromatic N) is 3. The Bertz CT molecular complexity index is 742. The third-order valence-corrected chi connectivity index (χ3v) is 3.06. The third-order valence-electron chi connectivity index (χ3n) is 3.06. The molecular weight excluding hydrogens is 290 g/mol. The van der Waals surface area contributed by atoms with E-state index in [0.29, 0.717) is 12.8 Å². The molecule has 5 nitrogen and oxygen atoms in total. The van der Waals surface area contributed by atoms with E-state index in [-0.39, 0.29) is 0 Å². The topological polar surface area (TPSA) is 75.1 Å². The molecule has 0 fully saturated rings. The van der Waals surface area contributed by atoms with Crippen LogP contribution in [0.15, 0.2) is 65.8 Å². The van der Waals surface area contributed by atoms with Gasteiger partial charge in [0.2, 0.25) is 0 Å². The number of benzene rings is 2. The number of rotatable bonds is 4. The van der Waals surface area contributed by atoms with E-state index in [1.165, 1.54) is 0 Å². The van der Waals surface area contributed by atoms with E-state index >= 15 is 0 Å². The van der Waals surface area contributed by atoms with E-state index in [9.17, 15) is 4.79 Å². The van der Waals surface area contributed by atoms with Gasteiger partial charge in [0.1, 0.15) is 0 Å². The van der Waals surface area contributed by atoms with E-state index < -0.39 is 12.2 Å². The summed E-state index contributed by atoms with van der Waals surface area (Å²) < 4.78 is 5.10. The number of azide groups is 1. The maximum Gasteiger partial charge on any atom is 0.397 e. The second-order valence-corrected chi connectivity index (χ2v) is 4.72. The summed E-state index contributed by atoms with van der Waals surface area (Å²) in [4.78, 5) is 13.8. The molecule has 1 unspecified atom stereocenters. The zero-order valence-corrected chi connectivity index (χ0v) is 12.4. The number of hydrogen-bond donors (Lipinski definition) is 0. The largest absolute Gasteiger partial charge is 0.444 e. The smallest absolute Gasteiger partial charge is 0.397 e. The number of hydrogen-bond acceptors (Lipinski definition) is 2. The fourth-order valence-corrected chi connectivity index (χ4v) is 1.97. The first-order chi connectivity index (χ1) is 11.3. The molecule has 0 aliphatic heterocycles. The molecule has 0 aromatic heterocycles. The average molecular weight is 305 g/mol. The lowest BCUT2D eigenvalue weighted by atomic mass is 10.1. The summed E-state index contributed by atoms with van der Waals surface area (Å²) >= 11 is 0. The van der Waals surface area contributed by atoms with Crippen molar-refractivity contribution < 1.29 is 9.53 Å². The molecule has 0 N–H and O–H groups in total. The highest BCUT2D eigenvalue weighted by Crippen LogP contribution is 2.08. The Balaban J connectivity index is 2.06. The van der Waals surface area contributed by atoms with Crippen molar-refractivity contribution in [1.29, 1.82) is 0 Å². The summed E-state index contributed by atoms with van der Waals surface area (Å²) in [7, 11) is 0. The molecule has 2 aromatic carbocycles. The lowest BCUT2D eigenvalue weighted by Gasteiger charge is -2.10. The van der Waals surface area contributed by atoms with Crippen LogP contribution in [0.3, 0.4) is 0 Å². The molecule has 1 amide bonds. The first-order valence-corrected chi connectivity index (χ1v) is 7.14. The molecule has 0 radical (unpaired) electrons. The summed E-state index contributed by atoms with van der Waals surface area (Å²) in [5.74, 6) is 5.89. The number of ether oxygens (including phenoxy) is 1. The normalized spacial score (nSPS) is 10.6. The van der Waals surface area contributed by atoms with Gasteiger partial charge < -0.3 is 4.74 Å². The molecule has 0 aliphatic rings. The van der Waals surface area contributed by atoms with E-state index in [1.807, 2.05) is 60.7 Å². The van der Waals surface area contributed by atoms with Crippen LogP contribution in [0.5, 0.6) is 0 Å². The molecule has 114 valence electrons. The van der Waals surface area contributed by atoms with Gasteiger partial charge in [0.25, 0.3) is 0 Å². The summed E-state index contributed by atoms with van der Waals surface area (Å²) in [6.07, 6.45) is -0.365. The van der Waals surface area contributed by atoms with Gasteiger partial charge in [-0.15, -0.1) is 0 Å². The molecule has 0 bridgehead atoms. The van der Waals surface area contributed by atoms with Crippen LogP contribution in [0.25, 0.3) is 10.4 Å². The van der Waals surface area contributed by atoms with Gasteiger partial charge in [0, 0.05) is 15.6 Å². The van der Waals surface area contributed by atoms with Crippen molar-refractivity contribution in [2.24, 2.45) is 5.11 Å². The summed E-state index contributed by atoms with van der Waals surface area (Å²) in [5, 5.41) is 2.93. The van der Waals surface area contributed by atoms with Crippen LogP contribution in [0.1, 0.15) is 17.5 Å². The second-order valence-electron chi connectivity index (χ2n) is 4.72. The molecule has 2 rings (SSSR count). The highest BCUT2D eigenvalue weighted by molar-refractivity contribution is 5.68. The first-order valence-electron chi connectivity index (χ1n) is 7.14. The van der Waals surface area contributed by atoms with E-state index in [1.54, 1.807) is 0 Å². The van der Waals surface area contributed by atoms with Gasteiger partial charge in [-0.05, 0) is 36.1 Å². The number of carbonyl (C=O) groups excluding carboxylic acids is 1. The zero-order valence-electron chi connectivity index (χ0n) is 12.4. The Morgan fingerprint density at radius 3 is 2.43 bits per heavy atom. The van der Waals surface area contributed by atoms with Crippen molar-refractivity contribution in [3.63, 3.8) is 0 Å². The van der Waals surface area contributed by atoms with Crippen molar-refractivity contribution >= 4 is 6.09 Å². The molecule has 23 heavy (non-hydrogen) atoms. The molecular formula is C18H15N3O2. The Labute approximate surface area is 134 Å². The monoisotopic (exact) mass is 305 g/mol. The minimum Gasteiger partial charge on any atom is -0.444 e. The molecule has 0 aliphatic carbocycles. The average Bonchev–Trinajstić information content (AvgIpc) is 2.59. The molecule has 2 aromatic rings. The fourth-order valence-electron chi connectivity index (χ4n) is 1.97. The minimum absolute atomic E-state index is 0.524. The highest BCUT2D eigenvalue weighted by Gasteiger charge is 2.11. The number of amides is 1. The predicted molar refractivity (Wildman–Crippen MR) is 87.5 cm³/mol. The Morgan fingerprint density at radius 1 is 1.13 bits per heavy atom. The highest BCUT2D eigenvalue weighted by atomic mass is 16.6. The molecule has 0 saturated carbocycles. The Kier molecular flexibility index (Phi) is 6.27. The molecule has 0 heterocycles. The van der Waals surface area contributed by atoms with Crippen LogP contribution >= 0.6 is 0 Å². The molecule has 0 spiro atoms. The lowest BCUT2D eigenvalue weighted by Crippen LogP contribution is -2.15. The van der Waals surface area contributed by atoms with Crippen molar-refractivity contribution in [2.45, 2.75) is 18.9 Å². The number of aryl methyl sites for hydroxylation is 1. The first kappa shape index (κ1) is 16.2. The fraction of sp³-hybridized carbons (Fsp3) is 0.167. The van der Waals surface area contributed by atoms with Gasteiger partial charge >= 0.3 is 6.09 Å². The van der Waals surface area contributed by atoms with Gasteiger partial charge in [0.15, 0.2) is 6.10 Å². The predicted octanol–water partition coefficient (Wildman–Crippen LogP) is 4.49. The van der Waals surface area contributed by atoms with Crippen molar-refractivity contribution in [3.8, 4) is 11.8 Å². The minimum atomic E-state index is -0.965. The second kappa shape index (κ2) is 8.93. The molecule has 5 heteroatoms. The molecule has 1 atom stereocenters. The Hall–Kier alpha value is -3.22. The lowest BCUT2D eigenvalue weighted by molar-refractivity contribution is 0.129. The van der Waals surface area contributed by atoms with Gasteiger partial charge in [-0.25, -0.2) is 4.79 Å². The van der Waals surface area contributed by atoms with Crippen LogP contribution in [0, 0.1) is 11.8 Å². The van der Waals surface area contributed by atoms with Crippen LogP contribution < -0.4 is 0 Å². The van der Waals surface area contributed by atoms with E-state index in [0.717, 1.165) is 11.1 Å². The van der Waals surface area contributed by atoms with E-state index in [4.69, 9.17) is 10.3 Å². The van der Waals surface area contributed by atoms with Gasteiger partial charge in [-0.2, -0.15) is 0 Å². The molecule has 0 saturated heterocycles. The van der Waals surface area contributed by atoms with Crippen LogP contribution in [0.4, 0.5) is 4.79 Å². The van der Waals surface area contributed by atoms with Crippen molar-refractivity contribution in [2.75, 3.05) is 0 Å². The van der Waals surface area contributed by atoms with Crippen LogP contribution in [-0.2, 0) is 11.2 Å². The standard InChI is InChI=1S/C18H15N3O2/c19-21-20-18(22)23-17(13-11-15-7-3-1-4-8-15)14-12-16-9-5-2-6-10-16/h1-10,17H,11,13H2. The summed E-state index contributed by atoms with van der Waals surface area (Å²) in [6, 6.07) is 19.3. The summed E-state index contributed by atoms with van der Waals surface area (Å²) in [5.41, 5.74) is 10.2.